The third kappa shape index (κ3) is 2.22. The van der Waals surface area contributed by atoms with Crippen molar-refractivity contribution >= 4 is 5.91 Å². The quantitative estimate of drug-likeness (QED) is 0.863. The van der Waals surface area contributed by atoms with Gasteiger partial charge in [0.1, 0.15) is 0 Å². The highest BCUT2D eigenvalue weighted by atomic mass is 16.2. The van der Waals surface area contributed by atoms with E-state index in [1.54, 1.807) is 0 Å². The Labute approximate surface area is 128 Å². The summed E-state index contributed by atoms with van der Waals surface area (Å²) in [5.74, 6) is 1.06. The molecule has 1 aliphatic carbocycles. The van der Waals surface area contributed by atoms with E-state index in [1.165, 1.54) is 38.8 Å². The molecule has 0 aromatic rings. The number of fused-ring (bicyclic) bond motifs is 1. The molecule has 118 valence electrons. The second kappa shape index (κ2) is 4.95. The summed E-state index contributed by atoms with van der Waals surface area (Å²) in [6.45, 7) is 6.98. The van der Waals surface area contributed by atoms with Gasteiger partial charge < -0.3 is 4.90 Å². The molecule has 4 aliphatic rings. The van der Waals surface area contributed by atoms with Gasteiger partial charge in [0.25, 0.3) is 0 Å². The zero-order valence-electron chi connectivity index (χ0n) is 13.5. The number of rotatable bonds is 3. The fraction of sp³-hybridized carbons (Fsp3) is 0.941. The Morgan fingerprint density at radius 3 is 2.71 bits per heavy atom. The summed E-state index contributed by atoms with van der Waals surface area (Å²) in [6.07, 6.45) is 8.64. The van der Waals surface area contributed by atoms with Crippen molar-refractivity contribution < 1.29 is 4.79 Å². The van der Waals surface area contributed by atoms with Gasteiger partial charge in [-0.3, -0.25) is 15.0 Å². The van der Waals surface area contributed by atoms with Crippen molar-refractivity contribution in [2.45, 2.75) is 82.6 Å². The van der Waals surface area contributed by atoms with Gasteiger partial charge in [0.2, 0.25) is 5.91 Å². The first-order valence-corrected chi connectivity index (χ1v) is 8.95. The molecule has 4 heteroatoms. The van der Waals surface area contributed by atoms with Crippen LogP contribution in [0.4, 0.5) is 0 Å². The lowest BCUT2D eigenvalue weighted by Crippen LogP contribution is -2.52. The van der Waals surface area contributed by atoms with Crippen molar-refractivity contribution in [3.8, 4) is 0 Å². The lowest BCUT2D eigenvalue weighted by Gasteiger charge is -2.38. The number of nitrogens with one attached hydrogen (secondary N) is 1. The van der Waals surface area contributed by atoms with Gasteiger partial charge in [-0.15, -0.1) is 0 Å². The van der Waals surface area contributed by atoms with Crippen LogP contribution in [0.1, 0.15) is 58.8 Å². The van der Waals surface area contributed by atoms with Gasteiger partial charge >= 0.3 is 0 Å². The van der Waals surface area contributed by atoms with E-state index in [0.29, 0.717) is 23.9 Å². The first-order valence-electron chi connectivity index (χ1n) is 8.95. The van der Waals surface area contributed by atoms with E-state index in [4.69, 9.17) is 0 Å². The molecule has 3 saturated heterocycles. The smallest absolute Gasteiger partial charge is 0.244 e. The van der Waals surface area contributed by atoms with E-state index >= 15 is 0 Å². The molecule has 0 radical (unpaired) electrons. The van der Waals surface area contributed by atoms with E-state index < -0.39 is 0 Å². The Morgan fingerprint density at radius 1 is 1.19 bits per heavy atom. The first-order chi connectivity index (χ1) is 10.1. The van der Waals surface area contributed by atoms with E-state index in [1.807, 2.05) is 0 Å². The number of hydrogen-bond donors (Lipinski definition) is 1. The number of amides is 1. The van der Waals surface area contributed by atoms with Crippen LogP contribution in [-0.4, -0.2) is 52.6 Å². The summed E-state index contributed by atoms with van der Waals surface area (Å²) in [4.78, 5) is 17.9. The van der Waals surface area contributed by atoms with Gasteiger partial charge in [0.15, 0.2) is 0 Å². The molecule has 1 spiro atoms. The number of hydrogen-bond acceptors (Lipinski definition) is 3. The van der Waals surface area contributed by atoms with Crippen LogP contribution in [0.2, 0.25) is 0 Å². The van der Waals surface area contributed by atoms with Gasteiger partial charge in [-0.2, -0.15) is 0 Å². The molecule has 3 heterocycles. The van der Waals surface area contributed by atoms with Crippen molar-refractivity contribution in [2.24, 2.45) is 5.92 Å². The minimum Gasteiger partial charge on any atom is -0.321 e. The molecule has 1 saturated carbocycles. The second-order valence-electron chi connectivity index (χ2n) is 8.04. The van der Waals surface area contributed by atoms with Crippen LogP contribution in [0, 0.1) is 5.92 Å². The van der Waals surface area contributed by atoms with Gasteiger partial charge in [-0.25, -0.2) is 0 Å². The lowest BCUT2D eigenvalue weighted by atomic mass is 9.96. The number of nitrogens with zero attached hydrogens (tertiary/aromatic N) is 2. The molecule has 3 unspecified atom stereocenters. The SMILES string of the molecule is CC(C)CC1NC2(CC2)C(=O)N1C1CCN2CCCCC12. The maximum atomic E-state index is 13.0. The Balaban J connectivity index is 1.57. The summed E-state index contributed by atoms with van der Waals surface area (Å²) in [7, 11) is 0. The van der Waals surface area contributed by atoms with Crippen LogP contribution in [-0.2, 0) is 4.79 Å². The Kier molecular flexibility index (Phi) is 3.30. The molecule has 21 heavy (non-hydrogen) atoms. The molecule has 1 amide bonds. The normalized spacial score (nSPS) is 38.5. The van der Waals surface area contributed by atoms with Gasteiger partial charge in [0.05, 0.1) is 17.7 Å². The average molecular weight is 291 g/mol. The fourth-order valence-electron chi connectivity index (χ4n) is 4.87. The molecule has 0 aromatic carbocycles. The fourth-order valence-corrected chi connectivity index (χ4v) is 4.87. The molecule has 0 aromatic heterocycles. The van der Waals surface area contributed by atoms with Gasteiger partial charge in [0, 0.05) is 12.6 Å². The highest BCUT2D eigenvalue weighted by Crippen LogP contribution is 2.45. The molecule has 0 bridgehead atoms. The molecule has 4 rings (SSSR count). The van der Waals surface area contributed by atoms with Crippen molar-refractivity contribution in [2.75, 3.05) is 13.1 Å². The minimum absolute atomic E-state index is 0.151. The standard InChI is InChI=1S/C17H29N3O/c1-12(2)11-15-18-17(7-8-17)16(21)20(15)14-6-10-19-9-4-3-5-13(14)19/h12-15,18H,3-11H2,1-2H3. The van der Waals surface area contributed by atoms with Crippen molar-refractivity contribution in [3.05, 3.63) is 0 Å². The largest absolute Gasteiger partial charge is 0.321 e. The monoisotopic (exact) mass is 291 g/mol. The number of carbonyl (C=O) groups is 1. The van der Waals surface area contributed by atoms with Crippen LogP contribution < -0.4 is 5.32 Å². The summed E-state index contributed by atoms with van der Waals surface area (Å²) in [5, 5.41) is 3.70. The summed E-state index contributed by atoms with van der Waals surface area (Å²) >= 11 is 0. The Hall–Kier alpha value is -0.610. The first kappa shape index (κ1) is 14.0. The summed E-state index contributed by atoms with van der Waals surface area (Å²) < 4.78 is 0. The molecule has 1 N–H and O–H groups in total. The molecular formula is C17H29N3O. The zero-order valence-corrected chi connectivity index (χ0v) is 13.5. The average Bonchev–Trinajstić information content (AvgIpc) is 3.04. The maximum Gasteiger partial charge on any atom is 0.244 e. The summed E-state index contributed by atoms with van der Waals surface area (Å²) in [5.41, 5.74) is -0.151. The third-order valence-corrected chi connectivity index (χ3v) is 6.05. The third-order valence-electron chi connectivity index (χ3n) is 6.05. The molecule has 4 fully saturated rings. The minimum atomic E-state index is -0.151. The van der Waals surface area contributed by atoms with Gasteiger partial charge in [-0.1, -0.05) is 20.3 Å². The predicted molar refractivity (Wildman–Crippen MR) is 82.8 cm³/mol. The van der Waals surface area contributed by atoms with E-state index in [2.05, 4.69) is 29.0 Å². The van der Waals surface area contributed by atoms with Gasteiger partial charge in [-0.05, 0) is 51.0 Å². The van der Waals surface area contributed by atoms with Crippen molar-refractivity contribution in [1.29, 1.82) is 0 Å². The topological polar surface area (TPSA) is 35.6 Å². The maximum absolute atomic E-state index is 13.0. The molecular weight excluding hydrogens is 262 g/mol. The van der Waals surface area contributed by atoms with Crippen LogP contribution in [0.5, 0.6) is 0 Å². The van der Waals surface area contributed by atoms with E-state index in [9.17, 15) is 4.79 Å². The van der Waals surface area contributed by atoms with Crippen molar-refractivity contribution in [1.82, 2.24) is 15.1 Å². The number of carbonyl (C=O) groups excluding carboxylic acids is 1. The van der Waals surface area contributed by atoms with E-state index in [-0.39, 0.29) is 11.7 Å². The Morgan fingerprint density at radius 2 is 2.00 bits per heavy atom. The highest BCUT2D eigenvalue weighted by molar-refractivity contribution is 5.92. The van der Waals surface area contributed by atoms with Crippen molar-refractivity contribution in [3.63, 3.8) is 0 Å². The molecule has 4 nitrogen and oxygen atoms in total. The van der Waals surface area contributed by atoms with E-state index in [0.717, 1.165) is 19.3 Å². The highest BCUT2D eigenvalue weighted by Gasteiger charge is 2.61. The Bertz CT molecular complexity index is 432. The predicted octanol–water partition coefficient (Wildman–Crippen LogP) is 1.95. The van der Waals surface area contributed by atoms with Crippen LogP contribution >= 0.6 is 0 Å². The lowest BCUT2D eigenvalue weighted by molar-refractivity contribution is -0.133. The summed E-state index contributed by atoms with van der Waals surface area (Å²) in [6, 6.07) is 1.10. The zero-order chi connectivity index (χ0) is 14.6. The second-order valence-corrected chi connectivity index (χ2v) is 8.04. The number of piperidine rings is 1. The van der Waals surface area contributed by atoms with Crippen LogP contribution in [0.25, 0.3) is 0 Å². The van der Waals surface area contributed by atoms with Crippen LogP contribution in [0.3, 0.4) is 0 Å². The molecule has 3 aliphatic heterocycles. The van der Waals surface area contributed by atoms with Crippen LogP contribution in [0.15, 0.2) is 0 Å². The molecule has 3 atom stereocenters.